The molecule has 2 aromatic heterocycles. The topological polar surface area (TPSA) is 64.9 Å². The van der Waals surface area contributed by atoms with Gasteiger partial charge < -0.3 is 14.8 Å². The highest BCUT2D eigenvalue weighted by molar-refractivity contribution is 6.30. The molecule has 6 nitrogen and oxygen atoms in total. The Kier molecular flexibility index (Phi) is 5.32. The summed E-state index contributed by atoms with van der Waals surface area (Å²) in [6.07, 6.45) is 3.27. The number of halogens is 1. The summed E-state index contributed by atoms with van der Waals surface area (Å²) in [6, 6.07) is 8.77. The number of hydrogen-bond acceptors (Lipinski definition) is 4. The van der Waals surface area contributed by atoms with Gasteiger partial charge in [-0.1, -0.05) is 24.9 Å². The average molecular weight is 374 g/mol. The van der Waals surface area contributed by atoms with Crippen molar-refractivity contribution in [2.75, 3.05) is 19.5 Å². The van der Waals surface area contributed by atoms with Crippen LogP contribution in [0.15, 0.2) is 36.5 Å². The van der Waals surface area contributed by atoms with Crippen LogP contribution in [0.4, 0.5) is 5.69 Å². The van der Waals surface area contributed by atoms with E-state index in [1.54, 1.807) is 55.1 Å². The molecule has 3 aromatic rings. The Balaban J connectivity index is 2.02. The highest BCUT2D eigenvalue weighted by atomic mass is 35.5. The number of pyridine rings is 1. The van der Waals surface area contributed by atoms with Gasteiger partial charge >= 0.3 is 0 Å². The fourth-order valence-corrected chi connectivity index (χ4v) is 2.96. The normalized spacial score (nSPS) is 10.8. The van der Waals surface area contributed by atoms with Gasteiger partial charge in [-0.25, -0.2) is 4.98 Å². The van der Waals surface area contributed by atoms with Crippen LogP contribution in [0.3, 0.4) is 0 Å². The van der Waals surface area contributed by atoms with Crippen molar-refractivity contribution in [3.05, 3.63) is 52.9 Å². The summed E-state index contributed by atoms with van der Waals surface area (Å²) < 4.78 is 12.3. The molecule has 0 unspecified atom stereocenters. The maximum absolute atomic E-state index is 13.0. The lowest BCUT2D eigenvalue weighted by molar-refractivity contribution is 0.102. The molecule has 1 N–H and O–H groups in total. The molecule has 136 valence electrons. The molecule has 0 aliphatic rings. The van der Waals surface area contributed by atoms with E-state index in [-0.39, 0.29) is 5.91 Å². The summed E-state index contributed by atoms with van der Waals surface area (Å²) in [7, 11) is 3.12. The van der Waals surface area contributed by atoms with E-state index >= 15 is 0 Å². The van der Waals surface area contributed by atoms with Crippen LogP contribution >= 0.6 is 11.6 Å². The summed E-state index contributed by atoms with van der Waals surface area (Å²) in [5, 5.41) is 3.44. The molecule has 0 saturated carbocycles. The minimum Gasteiger partial charge on any atom is -0.497 e. The highest BCUT2D eigenvalue weighted by Gasteiger charge is 2.20. The number of rotatable bonds is 6. The van der Waals surface area contributed by atoms with Gasteiger partial charge in [-0.05, 0) is 30.7 Å². The maximum Gasteiger partial charge on any atom is 0.274 e. The SMILES string of the molecule is CCCc1nc2ccc(Cl)cn2c1C(=O)Nc1ccc(OC)cc1OC. The third kappa shape index (κ3) is 3.46. The van der Waals surface area contributed by atoms with Gasteiger partial charge in [0.05, 0.1) is 30.6 Å². The number of carbonyl (C=O) groups is 1. The molecule has 0 fully saturated rings. The van der Waals surface area contributed by atoms with Crippen molar-refractivity contribution in [2.24, 2.45) is 0 Å². The molecular formula is C19H20ClN3O3. The van der Waals surface area contributed by atoms with Crippen molar-refractivity contribution in [1.29, 1.82) is 0 Å². The predicted octanol–water partition coefficient (Wildman–Crippen LogP) is 4.21. The smallest absolute Gasteiger partial charge is 0.274 e. The lowest BCUT2D eigenvalue weighted by atomic mass is 10.2. The number of hydrogen-bond donors (Lipinski definition) is 1. The van der Waals surface area contributed by atoms with Gasteiger partial charge in [-0.15, -0.1) is 0 Å². The minimum absolute atomic E-state index is 0.272. The Morgan fingerprint density at radius 3 is 2.73 bits per heavy atom. The van der Waals surface area contributed by atoms with Crippen molar-refractivity contribution in [2.45, 2.75) is 19.8 Å². The second kappa shape index (κ2) is 7.66. The number of anilines is 1. The van der Waals surface area contributed by atoms with Crippen LogP contribution in [0.1, 0.15) is 29.5 Å². The number of benzene rings is 1. The van der Waals surface area contributed by atoms with Crippen molar-refractivity contribution in [1.82, 2.24) is 9.38 Å². The molecule has 2 heterocycles. The first-order valence-corrected chi connectivity index (χ1v) is 8.65. The van der Waals surface area contributed by atoms with E-state index in [1.165, 1.54) is 0 Å². The average Bonchev–Trinajstić information content (AvgIpc) is 2.99. The summed E-state index contributed by atoms with van der Waals surface area (Å²) in [4.78, 5) is 17.6. The number of aryl methyl sites for hydroxylation is 1. The summed E-state index contributed by atoms with van der Waals surface area (Å²) >= 11 is 6.11. The van der Waals surface area contributed by atoms with Crippen LogP contribution in [0, 0.1) is 0 Å². The fourth-order valence-electron chi connectivity index (χ4n) is 2.80. The van der Waals surface area contributed by atoms with Crippen molar-refractivity contribution in [3.63, 3.8) is 0 Å². The van der Waals surface area contributed by atoms with E-state index in [4.69, 9.17) is 21.1 Å². The van der Waals surface area contributed by atoms with Crippen LogP contribution in [0.2, 0.25) is 5.02 Å². The molecule has 0 aliphatic carbocycles. The first kappa shape index (κ1) is 18.1. The first-order valence-electron chi connectivity index (χ1n) is 8.27. The van der Waals surface area contributed by atoms with Gasteiger partial charge in [-0.3, -0.25) is 9.20 Å². The molecule has 0 bridgehead atoms. The number of carbonyl (C=O) groups excluding carboxylic acids is 1. The van der Waals surface area contributed by atoms with Crippen LogP contribution < -0.4 is 14.8 Å². The molecule has 0 aliphatic heterocycles. The third-order valence-electron chi connectivity index (χ3n) is 4.01. The molecule has 3 rings (SSSR count). The minimum atomic E-state index is -0.272. The Hall–Kier alpha value is -2.73. The van der Waals surface area contributed by atoms with Gasteiger partial charge in [0.25, 0.3) is 5.91 Å². The number of imidazole rings is 1. The zero-order valence-electron chi connectivity index (χ0n) is 14.9. The van der Waals surface area contributed by atoms with Gasteiger partial charge in [0.1, 0.15) is 22.8 Å². The second-order valence-corrected chi connectivity index (χ2v) is 6.19. The number of amides is 1. The number of fused-ring (bicyclic) bond motifs is 1. The number of ether oxygens (including phenoxy) is 2. The van der Waals surface area contributed by atoms with Crippen LogP contribution in [0.5, 0.6) is 11.5 Å². The standard InChI is InChI=1S/C19H20ClN3O3/c1-4-5-15-18(23-11-12(20)6-9-17(23)21-15)19(24)22-14-8-7-13(25-2)10-16(14)26-3/h6-11H,4-5H2,1-3H3,(H,22,24). The molecule has 0 radical (unpaired) electrons. The van der Waals surface area contributed by atoms with Gasteiger partial charge in [-0.2, -0.15) is 0 Å². The van der Waals surface area contributed by atoms with Crippen LogP contribution in [-0.2, 0) is 6.42 Å². The van der Waals surface area contributed by atoms with Crippen molar-refractivity contribution < 1.29 is 14.3 Å². The molecule has 1 amide bonds. The third-order valence-corrected chi connectivity index (χ3v) is 4.24. The molecular weight excluding hydrogens is 354 g/mol. The Bertz CT molecular complexity index is 953. The molecule has 26 heavy (non-hydrogen) atoms. The zero-order valence-corrected chi connectivity index (χ0v) is 15.6. The summed E-state index contributed by atoms with van der Waals surface area (Å²) in [5.74, 6) is 0.890. The van der Waals surface area contributed by atoms with Crippen LogP contribution in [0.25, 0.3) is 5.65 Å². The van der Waals surface area contributed by atoms with Crippen molar-refractivity contribution >= 4 is 28.8 Å². The van der Waals surface area contributed by atoms with Gasteiger partial charge in [0.15, 0.2) is 0 Å². The highest BCUT2D eigenvalue weighted by Crippen LogP contribution is 2.30. The van der Waals surface area contributed by atoms with E-state index in [0.29, 0.717) is 40.0 Å². The quantitative estimate of drug-likeness (QED) is 0.703. The van der Waals surface area contributed by atoms with E-state index in [2.05, 4.69) is 10.3 Å². The number of methoxy groups -OCH3 is 2. The summed E-state index contributed by atoms with van der Waals surface area (Å²) in [6.45, 7) is 2.05. The number of nitrogens with one attached hydrogen (secondary N) is 1. The van der Waals surface area contributed by atoms with E-state index in [9.17, 15) is 4.79 Å². The zero-order chi connectivity index (χ0) is 18.7. The molecule has 0 saturated heterocycles. The Morgan fingerprint density at radius 1 is 1.23 bits per heavy atom. The Labute approximate surface area is 156 Å². The predicted molar refractivity (Wildman–Crippen MR) is 102 cm³/mol. The van der Waals surface area contributed by atoms with E-state index in [1.807, 2.05) is 6.92 Å². The summed E-state index contributed by atoms with van der Waals surface area (Å²) in [5.41, 5.74) is 2.45. The van der Waals surface area contributed by atoms with E-state index < -0.39 is 0 Å². The largest absolute Gasteiger partial charge is 0.497 e. The second-order valence-electron chi connectivity index (χ2n) is 5.75. The number of aromatic nitrogens is 2. The van der Waals surface area contributed by atoms with Crippen LogP contribution in [-0.4, -0.2) is 29.5 Å². The Morgan fingerprint density at radius 2 is 2.04 bits per heavy atom. The van der Waals surface area contributed by atoms with E-state index in [0.717, 1.165) is 12.1 Å². The monoisotopic (exact) mass is 373 g/mol. The molecule has 7 heteroatoms. The maximum atomic E-state index is 13.0. The molecule has 1 aromatic carbocycles. The molecule has 0 atom stereocenters. The van der Waals surface area contributed by atoms with Crippen molar-refractivity contribution in [3.8, 4) is 11.5 Å². The van der Waals surface area contributed by atoms with Gasteiger partial charge in [0, 0.05) is 12.3 Å². The first-order chi connectivity index (χ1) is 12.6. The molecule has 0 spiro atoms. The number of nitrogens with zero attached hydrogens (tertiary/aromatic N) is 2. The lowest BCUT2D eigenvalue weighted by Gasteiger charge is -2.12. The lowest BCUT2D eigenvalue weighted by Crippen LogP contribution is -2.17. The fraction of sp³-hybridized carbons (Fsp3) is 0.263. The van der Waals surface area contributed by atoms with Gasteiger partial charge in [0.2, 0.25) is 0 Å².